The maximum atomic E-state index is 13.3. The van der Waals surface area contributed by atoms with Gasteiger partial charge in [0, 0.05) is 41.9 Å². The van der Waals surface area contributed by atoms with Crippen LogP contribution in [-0.4, -0.2) is 46.9 Å². The van der Waals surface area contributed by atoms with E-state index in [0.717, 1.165) is 10.9 Å². The third kappa shape index (κ3) is 3.19. The molecule has 6 nitrogen and oxygen atoms in total. The molecule has 2 aromatic carbocycles. The van der Waals surface area contributed by atoms with Gasteiger partial charge >= 0.3 is 0 Å². The molecule has 1 saturated heterocycles. The van der Waals surface area contributed by atoms with E-state index in [0.29, 0.717) is 5.56 Å². The number of benzene rings is 2. The average molecular weight is 394 g/mol. The van der Waals surface area contributed by atoms with E-state index in [4.69, 9.17) is 4.74 Å². The number of carbonyl (C=O) groups is 2. The molecule has 1 atom stereocenters. The third-order valence-electron chi connectivity index (χ3n) is 5.11. The number of likely N-dealkylation sites (tertiary alicyclic amines) is 1. The Morgan fingerprint density at radius 3 is 2.62 bits per heavy atom. The molecule has 1 aliphatic rings. The SMILES string of the molecule is COCCN1C(=O)C(=O)/C(=C(/O)c2ccc(F)cc2)C1c1c[nH]c2ccccc12. The van der Waals surface area contributed by atoms with Crippen molar-refractivity contribution in [2.24, 2.45) is 0 Å². The Bertz CT molecular complexity index is 1120. The number of aliphatic hydroxyl groups is 1. The van der Waals surface area contributed by atoms with Crippen molar-refractivity contribution in [3.8, 4) is 0 Å². The maximum absolute atomic E-state index is 13.3. The number of ketones is 1. The van der Waals surface area contributed by atoms with Crippen molar-refractivity contribution in [3.05, 3.63) is 77.2 Å². The largest absolute Gasteiger partial charge is 0.507 e. The monoisotopic (exact) mass is 394 g/mol. The number of rotatable bonds is 5. The van der Waals surface area contributed by atoms with Crippen LogP contribution in [0.4, 0.5) is 4.39 Å². The molecule has 0 bridgehead atoms. The first-order valence-electron chi connectivity index (χ1n) is 9.12. The van der Waals surface area contributed by atoms with Crippen LogP contribution >= 0.6 is 0 Å². The van der Waals surface area contributed by atoms with Crippen LogP contribution in [0.1, 0.15) is 17.2 Å². The van der Waals surface area contributed by atoms with Gasteiger partial charge in [-0.25, -0.2) is 4.39 Å². The smallest absolute Gasteiger partial charge is 0.295 e. The van der Waals surface area contributed by atoms with Crippen LogP contribution in [0.25, 0.3) is 16.7 Å². The van der Waals surface area contributed by atoms with E-state index in [1.165, 1.54) is 36.3 Å². The highest BCUT2D eigenvalue weighted by atomic mass is 19.1. The summed E-state index contributed by atoms with van der Waals surface area (Å²) in [6.45, 7) is 0.425. The zero-order valence-corrected chi connectivity index (χ0v) is 15.7. The second-order valence-electron chi connectivity index (χ2n) is 6.78. The van der Waals surface area contributed by atoms with Crippen molar-refractivity contribution in [2.45, 2.75) is 6.04 Å². The molecule has 0 saturated carbocycles. The lowest BCUT2D eigenvalue weighted by Gasteiger charge is -2.24. The summed E-state index contributed by atoms with van der Waals surface area (Å²) in [6, 6.07) is 11.9. The lowest BCUT2D eigenvalue weighted by Crippen LogP contribution is -2.32. The van der Waals surface area contributed by atoms with Crippen LogP contribution in [-0.2, 0) is 14.3 Å². The van der Waals surface area contributed by atoms with Crippen molar-refractivity contribution >= 4 is 28.4 Å². The number of nitrogens with zero attached hydrogens (tertiary/aromatic N) is 1. The molecule has 4 rings (SSSR count). The molecule has 1 aromatic heterocycles. The number of aromatic nitrogens is 1. The molecule has 3 aromatic rings. The summed E-state index contributed by atoms with van der Waals surface area (Å²) >= 11 is 0. The minimum absolute atomic E-state index is 0.0255. The fourth-order valence-electron chi connectivity index (χ4n) is 3.71. The number of aliphatic hydroxyl groups excluding tert-OH is 1. The standard InChI is InChI=1S/C22H19FN2O4/c1-29-11-10-25-19(16-12-24-17-5-3-2-4-15(16)17)18(21(27)22(25)28)20(26)13-6-8-14(23)9-7-13/h2-9,12,19,24,26H,10-11H2,1H3/b20-18+. The van der Waals surface area contributed by atoms with Crippen molar-refractivity contribution in [1.82, 2.24) is 9.88 Å². The normalized spacial score (nSPS) is 18.7. The number of Topliss-reactive ketones (excluding diaryl/α,β-unsaturated/α-hetero) is 1. The lowest BCUT2D eigenvalue weighted by atomic mass is 9.95. The van der Waals surface area contributed by atoms with Gasteiger partial charge in [-0.15, -0.1) is 0 Å². The summed E-state index contributed by atoms with van der Waals surface area (Å²) in [5.74, 6) is -2.28. The Morgan fingerprint density at radius 1 is 1.17 bits per heavy atom. The predicted octanol–water partition coefficient (Wildman–Crippen LogP) is 3.38. The average Bonchev–Trinajstić information content (AvgIpc) is 3.26. The molecule has 29 heavy (non-hydrogen) atoms. The number of hydrogen-bond donors (Lipinski definition) is 2. The predicted molar refractivity (Wildman–Crippen MR) is 106 cm³/mol. The van der Waals surface area contributed by atoms with E-state index in [-0.39, 0.29) is 30.0 Å². The van der Waals surface area contributed by atoms with Gasteiger partial charge in [-0.2, -0.15) is 0 Å². The molecular formula is C22H19FN2O4. The summed E-state index contributed by atoms with van der Waals surface area (Å²) in [4.78, 5) is 30.2. The maximum Gasteiger partial charge on any atom is 0.295 e. The molecule has 1 aliphatic heterocycles. The Labute approximate surface area is 166 Å². The number of aromatic amines is 1. The van der Waals surface area contributed by atoms with Crippen molar-refractivity contribution < 1.29 is 23.8 Å². The fraction of sp³-hybridized carbons (Fsp3) is 0.182. The lowest BCUT2D eigenvalue weighted by molar-refractivity contribution is -0.140. The van der Waals surface area contributed by atoms with Crippen molar-refractivity contribution in [3.63, 3.8) is 0 Å². The summed E-state index contributed by atoms with van der Waals surface area (Å²) in [7, 11) is 1.51. The van der Waals surface area contributed by atoms with Gasteiger partial charge in [-0.1, -0.05) is 18.2 Å². The molecular weight excluding hydrogens is 375 g/mol. The second kappa shape index (κ2) is 7.52. The minimum atomic E-state index is -0.786. The molecule has 7 heteroatoms. The molecule has 1 unspecified atom stereocenters. The topological polar surface area (TPSA) is 82.6 Å². The van der Waals surface area contributed by atoms with Crippen LogP contribution in [0.15, 0.2) is 60.3 Å². The number of hydrogen-bond acceptors (Lipinski definition) is 4. The number of nitrogens with one attached hydrogen (secondary N) is 1. The number of amides is 1. The highest BCUT2D eigenvalue weighted by Gasteiger charge is 2.46. The quantitative estimate of drug-likeness (QED) is 0.395. The molecule has 1 fully saturated rings. The van der Waals surface area contributed by atoms with E-state index in [9.17, 15) is 19.1 Å². The van der Waals surface area contributed by atoms with E-state index in [1.807, 2.05) is 24.3 Å². The number of carbonyl (C=O) groups excluding carboxylic acids is 2. The van der Waals surface area contributed by atoms with Crippen LogP contribution in [0, 0.1) is 5.82 Å². The molecule has 2 heterocycles. The number of fused-ring (bicyclic) bond motifs is 1. The number of H-pyrrole nitrogens is 1. The Morgan fingerprint density at radius 2 is 1.90 bits per heavy atom. The highest BCUT2D eigenvalue weighted by molar-refractivity contribution is 6.46. The van der Waals surface area contributed by atoms with E-state index >= 15 is 0 Å². The van der Waals surface area contributed by atoms with E-state index in [1.54, 1.807) is 6.20 Å². The van der Waals surface area contributed by atoms with Crippen molar-refractivity contribution in [1.29, 1.82) is 0 Å². The van der Waals surface area contributed by atoms with Crippen molar-refractivity contribution in [2.75, 3.05) is 20.3 Å². The van der Waals surface area contributed by atoms with Crippen LogP contribution in [0.5, 0.6) is 0 Å². The van der Waals surface area contributed by atoms with Crippen LogP contribution in [0.2, 0.25) is 0 Å². The van der Waals surface area contributed by atoms with Gasteiger partial charge in [-0.3, -0.25) is 9.59 Å². The van der Waals surface area contributed by atoms with Gasteiger partial charge in [0.05, 0.1) is 18.2 Å². The molecule has 0 radical (unpaired) electrons. The Balaban J connectivity index is 1.92. The van der Waals surface area contributed by atoms with E-state index < -0.39 is 23.5 Å². The first-order valence-corrected chi connectivity index (χ1v) is 9.12. The zero-order valence-electron chi connectivity index (χ0n) is 15.7. The van der Waals surface area contributed by atoms with E-state index in [2.05, 4.69) is 4.98 Å². The van der Waals surface area contributed by atoms with Gasteiger partial charge in [0.1, 0.15) is 11.6 Å². The summed E-state index contributed by atoms with van der Waals surface area (Å²) < 4.78 is 18.4. The number of ether oxygens (including phenoxy) is 1. The molecule has 148 valence electrons. The molecule has 1 amide bonds. The van der Waals surface area contributed by atoms with Gasteiger partial charge in [0.25, 0.3) is 11.7 Å². The Kier molecular flexibility index (Phi) is 4.90. The second-order valence-corrected chi connectivity index (χ2v) is 6.78. The molecule has 2 N–H and O–H groups in total. The Hall–Kier alpha value is -3.45. The number of halogens is 1. The third-order valence-corrected chi connectivity index (χ3v) is 5.11. The number of para-hydroxylation sites is 1. The van der Waals surface area contributed by atoms with Gasteiger partial charge in [-0.05, 0) is 30.3 Å². The summed E-state index contributed by atoms with van der Waals surface area (Å²) in [5.41, 5.74) is 1.78. The zero-order chi connectivity index (χ0) is 20.5. The summed E-state index contributed by atoms with van der Waals surface area (Å²) in [5, 5.41) is 11.7. The fourth-order valence-corrected chi connectivity index (χ4v) is 3.71. The number of methoxy groups -OCH3 is 1. The van der Waals surface area contributed by atoms with Gasteiger partial charge < -0.3 is 19.7 Å². The first kappa shape index (κ1) is 18.9. The molecule has 0 aliphatic carbocycles. The minimum Gasteiger partial charge on any atom is -0.507 e. The van der Waals surface area contributed by atoms with Gasteiger partial charge in [0.2, 0.25) is 0 Å². The van der Waals surface area contributed by atoms with Gasteiger partial charge in [0.15, 0.2) is 0 Å². The first-order chi connectivity index (χ1) is 14.0. The summed E-state index contributed by atoms with van der Waals surface area (Å²) in [6.07, 6.45) is 1.74. The van der Waals surface area contributed by atoms with Crippen LogP contribution in [0.3, 0.4) is 0 Å². The molecule has 0 spiro atoms. The van der Waals surface area contributed by atoms with Crippen LogP contribution < -0.4 is 0 Å². The highest BCUT2D eigenvalue weighted by Crippen LogP contribution is 2.41.